The minimum Gasteiger partial charge on any atom is -0.364 e. The molecule has 2 aliphatic carbocycles. The molecule has 2 saturated carbocycles. The van der Waals surface area contributed by atoms with Crippen LogP contribution >= 0.6 is 0 Å². The molecule has 0 bridgehead atoms. The fraction of sp³-hybridized carbons (Fsp3) is 0.360. The van der Waals surface area contributed by atoms with E-state index < -0.39 is 23.6 Å². The summed E-state index contributed by atoms with van der Waals surface area (Å²) >= 11 is 0. The molecule has 0 unspecified atom stereocenters. The van der Waals surface area contributed by atoms with Crippen LogP contribution in [0.4, 0.5) is 14.5 Å². The molecular weight excluding hydrogens is 456 g/mol. The molecule has 1 aliphatic heterocycles. The zero-order valence-corrected chi connectivity index (χ0v) is 18.7. The Bertz CT molecular complexity index is 1380. The highest BCUT2D eigenvalue weighted by Gasteiger charge is 2.57. The van der Waals surface area contributed by atoms with Gasteiger partial charge in [-0.3, -0.25) is 19.1 Å². The quantitative estimate of drug-likeness (QED) is 0.587. The molecule has 10 heteroatoms. The van der Waals surface area contributed by atoms with E-state index in [0.29, 0.717) is 17.3 Å². The minimum absolute atomic E-state index is 0.0380. The summed E-state index contributed by atoms with van der Waals surface area (Å²) in [5.41, 5.74) is 6.18. The molecule has 3 fully saturated rings. The third-order valence-corrected chi connectivity index (χ3v) is 7.17. The van der Waals surface area contributed by atoms with Crippen molar-refractivity contribution in [1.29, 1.82) is 0 Å². The van der Waals surface area contributed by atoms with Crippen LogP contribution in [0, 0.1) is 17.6 Å². The van der Waals surface area contributed by atoms with Crippen LogP contribution in [-0.2, 0) is 16.1 Å². The Morgan fingerprint density at radius 2 is 1.86 bits per heavy atom. The number of benzene rings is 2. The van der Waals surface area contributed by atoms with E-state index in [1.165, 1.54) is 15.6 Å². The maximum absolute atomic E-state index is 14.6. The Hall–Kier alpha value is -3.82. The molecule has 1 aromatic heterocycles. The van der Waals surface area contributed by atoms with E-state index in [9.17, 15) is 23.2 Å². The van der Waals surface area contributed by atoms with Crippen LogP contribution < -0.4 is 10.6 Å². The van der Waals surface area contributed by atoms with Gasteiger partial charge in [-0.05, 0) is 49.8 Å². The Morgan fingerprint density at radius 1 is 1.09 bits per heavy atom. The number of nitrogens with zero attached hydrogens (tertiary/aromatic N) is 4. The molecule has 2 aromatic carbocycles. The molecule has 180 valence electrons. The summed E-state index contributed by atoms with van der Waals surface area (Å²) < 4.78 is 29.5. The Kier molecular flexibility index (Phi) is 4.87. The van der Waals surface area contributed by atoms with Crippen LogP contribution in [0.25, 0.3) is 10.9 Å². The first-order valence-corrected chi connectivity index (χ1v) is 11.7. The maximum atomic E-state index is 14.6. The number of hydrogen-bond donors (Lipinski definition) is 1. The summed E-state index contributed by atoms with van der Waals surface area (Å²) in [6.45, 7) is -0.158. The molecule has 2 N–H and O–H groups in total. The molecule has 6 rings (SSSR count). The van der Waals surface area contributed by atoms with Crippen LogP contribution in [-0.4, -0.2) is 50.5 Å². The standard InChI is InChI=1S/C25H23F2N5O3/c26-14-5-8-19(17(27)11-14)31(15-6-7-15)25(35)21-10-13-9-20(13)32(21)22(33)12-30-18-4-2-1-3-16(18)23(29-30)24(28)34/h1-5,8,11,13,15,20-21H,6-7,9-10,12H2,(H2,28,34)/t13-,20-,21+/m1/s1. The van der Waals surface area contributed by atoms with Crippen LogP contribution in [0.2, 0.25) is 0 Å². The first-order valence-electron chi connectivity index (χ1n) is 11.7. The van der Waals surface area contributed by atoms with Crippen molar-refractivity contribution in [2.45, 2.75) is 50.4 Å². The fourth-order valence-corrected chi connectivity index (χ4v) is 5.34. The second kappa shape index (κ2) is 7.86. The topological polar surface area (TPSA) is 102 Å². The lowest BCUT2D eigenvalue weighted by Gasteiger charge is -2.32. The van der Waals surface area contributed by atoms with Gasteiger partial charge in [-0.2, -0.15) is 5.10 Å². The van der Waals surface area contributed by atoms with Gasteiger partial charge in [0.15, 0.2) is 5.69 Å². The van der Waals surface area contributed by atoms with Crippen molar-refractivity contribution in [2.24, 2.45) is 11.7 Å². The highest BCUT2D eigenvalue weighted by atomic mass is 19.1. The van der Waals surface area contributed by atoms with E-state index in [1.807, 2.05) is 0 Å². The predicted molar refractivity (Wildman–Crippen MR) is 122 cm³/mol. The van der Waals surface area contributed by atoms with Gasteiger partial charge in [0, 0.05) is 23.5 Å². The van der Waals surface area contributed by atoms with Gasteiger partial charge < -0.3 is 15.5 Å². The summed E-state index contributed by atoms with van der Waals surface area (Å²) in [7, 11) is 0. The van der Waals surface area contributed by atoms with Crippen molar-refractivity contribution in [2.75, 3.05) is 4.90 Å². The highest BCUT2D eigenvalue weighted by Crippen LogP contribution is 2.49. The summed E-state index contributed by atoms with van der Waals surface area (Å²) in [5.74, 6) is -2.62. The van der Waals surface area contributed by atoms with Gasteiger partial charge in [0.05, 0.1) is 11.2 Å². The van der Waals surface area contributed by atoms with Crippen molar-refractivity contribution in [3.63, 3.8) is 0 Å². The third-order valence-electron chi connectivity index (χ3n) is 7.17. The molecule has 35 heavy (non-hydrogen) atoms. The number of carbonyl (C=O) groups is 3. The average Bonchev–Trinajstić information content (AvgIpc) is 3.74. The van der Waals surface area contributed by atoms with Crippen molar-refractivity contribution < 1.29 is 23.2 Å². The van der Waals surface area contributed by atoms with E-state index >= 15 is 0 Å². The molecule has 1 saturated heterocycles. The number of halogens is 2. The molecule has 3 aliphatic rings. The number of rotatable bonds is 6. The fourth-order valence-electron chi connectivity index (χ4n) is 5.34. The Balaban J connectivity index is 1.29. The van der Waals surface area contributed by atoms with Crippen molar-refractivity contribution in [3.05, 3.63) is 59.8 Å². The minimum atomic E-state index is -0.798. The largest absolute Gasteiger partial charge is 0.364 e. The molecular formula is C25H23F2N5O3. The molecule has 3 aromatic rings. The second-order valence-corrected chi connectivity index (χ2v) is 9.54. The molecule has 8 nitrogen and oxygen atoms in total. The number of fused-ring (bicyclic) bond motifs is 2. The number of hydrogen-bond acceptors (Lipinski definition) is 4. The summed E-state index contributed by atoms with van der Waals surface area (Å²) in [4.78, 5) is 42.0. The molecule has 0 radical (unpaired) electrons. The second-order valence-electron chi connectivity index (χ2n) is 9.54. The normalized spacial score (nSPS) is 22.8. The van der Waals surface area contributed by atoms with Crippen LogP contribution in [0.5, 0.6) is 0 Å². The number of aromatic nitrogens is 2. The van der Waals surface area contributed by atoms with Gasteiger partial charge in [-0.15, -0.1) is 0 Å². The van der Waals surface area contributed by atoms with Crippen LogP contribution in [0.1, 0.15) is 36.2 Å². The lowest BCUT2D eigenvalue weighted by molar-refractivity contribution is -0.139. The van der Waals surface area contributed by atoms with E-state index in [1.54, 1.807) is 29.2 Å². The van der Waals surface area contributed by atoms with E-state index in [0.717, 1.165) is 31.4 Å². The van der Waals surface area contributed by atoms with E-state index in [-0.39, 0.29) is 47.7 Å². The number of likely N-dealkylation sites (tertiary alicyclic amines) is 1. The highest BCUT2D eigenvalue weighted by molar-refractivity contribution is 6.04. The number of carbonyl (C=O) groups excluding carboxylic acids is 3. The molecule has 2 heterocycles. The average molecular weight is 479 g/mol. The van der Waals surface area contributed by atoms with E-state index in [2.05, 4.69) is 5.10 Å². The van der Waals surface area contributed by atoms with Crippen LogP contribution in [0.3, 0.4) is 0 Å². The van der Waals surface area contributed by atoms with Gasteiger partial charge in [0.1, 0.15) is 24.2 Å². The summed E-state index contributed by atoms with van der Waals surface area (Å²) in [6, 6.07) is 9.25. The lowest BCUT2D eigenvalue weighted by atomic mass is 10.1. The number of piperidine rings is 1. The summed E-state index contributed by atoms with van der Waals surface area (Å²) in [5, 5.41) is 4.82. The van der Waals surface area contributed by atoms with Gasteiger partial charge in [-0.1, -0.05) is 18.2 Å². The molecule has 3 amide bonds. The van der Waals surface area contributed by atoms with Gasteiger partial charge in [-0.25, -0.2) is 8.78 Å². The smallest absolute Gasteiger partial charge is 0.269 e. The van der Waals surface area contributed by atoms with Gasteiger partial charge in [0.2, 0.25) is 11.8 Å². The number of primary amides is 1. The molecule has 0 spiro atoms. The maximum Gasteiger partial charge on any atom is 0.269 e. The number of anilines is 1. The number of para-hydroxylation sites is 1. The lowest BCUT2D eigenvalue weighted by Crippen LogP contribution is -2.51. The van der Waals surface area contributed by atoms with Crippen molar-refractivity contribution in [3.8, 4) is 0 Å². The van der Waals surface area contributed by atoms with E-state index in [4.69, 9.17) is 5.73 Å². The SMILES string of the molecule is NC(=O)c1nn(CC(=O)N2[C@@H]3C[C@@H]3C[C@H]2C(=O)N(c2ccc(F)cc2F)C2CC2)c2ccccc12. The third kappa shape index (κ3) is 3.64. The number of amides is 3. The van der Waals surface area contributed by atoms with Crippen LogP contribution in [0.15, 0.2) is 42.5 Å². The predicted octanol–water partition coefficient (Wildman–Crippen LogP) is 2.60. The first-order chi connectivity index (χ1) is 16.8. The first kappa shape index (κ1) is 21.7. The zero-order valence-electron chi connectivity index (χ0n) is 18.7. The molecule has 3 atom stereocenters. The Morgan fingerprint density at radius 3 is 2.57 bits per heavy atom. The Labute approximate surface area is 199 Å². The summed E-state index contributed by atoms with van der Waals surface area (Å²) in [6.07, 6.45) is 2.78. The zero-order chi connectivity index (χ0) is 24.4. The van der Waals surface area contributed by atoms with Crippen molar-refractivity contribution >= 4 is 34.3 Å². The number of nitrogens with two attached hydrogens (primary N) is 1. The van der Waals surface area contributed by atoms with Gasteiger partial charge in [0.25, 0.3) is 5.91 Å². The van der Waals surface area contributed by atoms with Crippen molar-refractivity contribution in [1.82, 2.24) is 14.7 Å². The van der Waals surface area contributed by atoms with Gasteiger partial charge >= 0.3 is 0 Å². The monoisotopic (exact) mass is 479 g/mol.